The van der Waals surface area contributed by atoms with Gasteiger partial charge in [0.15, 0.2) is 0 Å². The molecule has 2 aliphatic rings. The Morgan fingerprint density at radius 2 is 2.06 bits per heavy atom. The van der Waals surface area contributed by atoms with Crippen molar-refractivity contribution in [1.29, 1.82) is 0 Å². The van der Waals surface area contributed by atoms with Gasteiger partial charge in [0.25, 0.3) is 0 Å². The predicted octanol–water partition coefficient (Wildman–Crippen LogP) is 1.63. The van der Waals surface area contributed by atoms with Crippen molar-refractivity contribution in [2.45, 2.75) is 57.7 Å². The van der Waals surface area contributed by atoms with Crippen LogP contribution in [0.2, 0.25) is 0 Å². The van der Waals surface area contributed by atoms with Crippen LogP contribution in [-0.4, -0.2) is 49.3 Å². The van der Waals surface area contributed by atoms with E-state index in [0.717, 1.165) is 18.7 Å². The minimum atomic E-state index is 0.506. The lowest BCUT2D eigenvalue weighted by molar-refractivity contribution is -0.0434. The Morgan fingerprint density at radius 3 is 2.62 bits per heavy atom. The highest BCUT2D eigenvalue weighted by atomic mass is 16.5. The number of nitrogens with zero attached hydrogens (tertiary/aromatic N) is 1. The lowest BCUT2D eigenvalue weighted by Gasteiger charge is -2.45. The van der Waals surface area contributed by atoms with Gasteiger partial charge in [0.1, 0.15) is 0 Å². The van der Waals surface area contributed by atoms with Crippen molar-refractivity contribution in [3.8, 4) is 0 Å². The van der Waals surface area contributed by atoms with E-state index in [2.05, 4.69) is 24.1 Å². The summed E-state index contributed by atoms with van der Waals surface area (Å²) in [6, 6.07) is 1.56. The first-order chi connectivity index (χ1) is 7.85. The van der Waals surface area contributed by atoms with Gasteiger partial charge >= 0.3 is 0 Å². The van der Waals surface area contributed by atoms with Crippen molar-refractivity contribution < 1.29 is 4.74 Å². The monoisotopic (exact) mass is 226 g/mol. The molecule has 2 rings (SSSR count). The van der Waals surface area contributed by atoms with E-state index < -0.39 is 0 Å². The van der Waals surface area contributed by atoms with Crippen molar-refractivity contribution in [1.82, 2.24) is 10.2 Å². The molecule has 0 amide bonds. The highest BCUT2D eigenvalue weighted by molar-refractivity contribution is 4.90. The summed E-state index contributed by atoms with van der Waals surface area (Å²) in [5, 5.41) is 3.39. The molecule has 0 bridgehead atoms. The van der Waals surface area contributed by atoms with E-state index in [4.69, 9.17) is 4.74 Å². The van der Waals surface area contributed by atoms with Crippen LogP contribution in [0.4, 0.5) is 0 Å². The third-order valence-electron chi connectivity index (χ3n) is 3.97. The van der Waals surface area contributed by atoms with Crippen molar-refractivity contribution in [2.75, 3.05) is 26.2 Å². The van der Waals surface area contributed by atoms with Gasteiger partial charge in [-0.25, -0.2) is 0 Å². The van der Waals surface area contributed by atoms with Crippen LogP contribution in [0.1, 0.15) is 39.5 Å². The van der Waals surface area contributed by atoms with Gasteiger partial charge in [0.2, 0.25) is 0 Å². The molecule has 94 valence electrons. The molecule has 0 aliphatic carbocycles. The van der Waals surface area contributed by atoms with Gasteiger partial charge in [0.05, 0.1) is 6.10 Å². The maximum Gasteiger partial charge on any atom is 0.0587 e. The zero-order valence-corrected chi connectivity index (χ0v) is 10.7. The predicted molar refractivity (Wildman–Crippen MR) is 66.7 cm³/mol. The topological polar surface area (TPSA) is 24.5 Å². The van der Waals surface area contributed by atoms with Crippen LogP contribution < -0.4 is 5.32 Å². The molecule has 1 N–H and O–H groups in total. The molecule has 2 fully saturated rings. The second-order valence-electron chi connectivity index (χ2n) is 5.13. The van der Waals surface area contributed by atoms with Crippen LogP contribution >= 0.6 is 0 Å². The molecule has 0 spiro atoms. The van der Waals surface area contributed by atoms with Crippen LogP contribution in [-0.2, 0) is 4.74 Å². The Kier molecular flexibility index (Phi) is 4.62. The zero-order valence-electron chi connectivity index (χ0n) is 10.7. The molecule has 2 saturated heterocycles. The fraction of sp³-hybridized carbons (Fsp3) is 1.00. The van der Waals surface area contributed by atoms with E-state index in [1.807, 2.05) is 0 Å². The van der Waals surface area contributed by atoms with E-state index >= 15 is 0 Å². The van der Waals surface area contributed by atoms with Crippen LogP contribution in [0.25, 0.3) is 0 Å². The van der Waals surface area contributed by atoms with Crippen LogP contribution in [0.5, 0.6) is 0 Å². The Labute approximate surface area is 99.5 Å². The Morgan fingerprint density at radius 1 is 1.25 bits per heavy atom. The molecule has 0 radical (unpaired) electrons. The number of rotatable bonds is 5. The highest BCUT2D eigenvalue weighted by Gasteiger charge is 2.32. The normalized spacial score (nSPS) is 31.7. The molecule has 16 heavy (non-hydrogen) atoms. The van der Waals surface area contributed by atoms with E-state index in [0.29, 0.717) is 6.10 Å². The molecule has 0 saturated carbocycles. The summed E-state index contributed by atoms with van der Waals surface area (Å²) in [6.07, 6.45) is 5.41. The quantitative estimate of drug-likeness (QED) is 0.771. The average molecular weight is 226 g/mol. The number of hydrogen-bond acceptors (Lipinski definition) is 3. The zero-order chi connectivity index (χ0) is 11.4. The third kappa shape index (κ3) is 2.76. The molecule has 0 aromatic heterocycles. The summed E-state index contributed by atoms with van der Waals surface area (Å²) in [4.78, 5) is 2.74. The summed E-state index contributed by atoms with van der Waals surface area (Å²) in [6.45, 7) is 9.12. The summed E-state index contributed by atoms with van der Waals surface area (Å²) >= 11 is 0. The minimum Gasteiger partial charge on any atom is -0.378 e. The van der Waals surface area contributed by atoms with E-state index in [-0.39, 0.29) is 0 Å². The van der Waals surface area contributed by atoms with E-state index in [1.54, 1.807) is 0 Å². The minimum absolute atomic E-state index is 0.506. The number of ether oxygens (including phenoxy) is 1. The SMILES string of the molecule is CCCN(C1CNC1)C1CCOC(CC)C1. The fourth-order valence-corrected chi connectivity index (χ4v) is 2.88. The van der Waals surface area contributed by atoms with Gasteiger partial charge in [-0.3, -0.25) is 4.90 Å². The average Bonchev–Trinajstić information content (AvgIpc) is 2.26. The Hall–Kier alpha value is -0.120. The standard InChI is InChI=1S/C13H26N2O/c1-3-6-15(12-9-14-10-12)11-5-7-16-13(4-2)8-11/h11-14H,3-10H2,1-2H3. The molecule has 2 heterocycles. The first kappa shape index (κ1) is 12.3. The van der Waals surface area contributed by atoms with Crippen molar-refractivity contribution in [3.05, 3.63) is 0 Å². The van der Waals surface area contributed by atoms with Crippen molar-refractivity contribution in [3.63, 3.8) is 0 Å². The molecular formula is C13H26N2O. The first-order valence-electron chi connectivity index (χ1n) is 6.93. The maximum atomic E-state index is 5.77. The lowest BCUT2D eigenvalue weighted by atomic mass is 9.96. The number of nitrogens with one attached hydrogen (secondary N) is 1. The van der Waals surface area contributed by atoms with E-state index in [1.165, 1.54) is 45.3 Å². The van der Waals surface area contributed by atoms with Crippen molar-refractivity contribution in [2.24, 2.45) is 0 Å². The molecule has 2 atom stereocenters. The van der Waals surface area contributed by atoms with E-state index in [9.17, 15) is 0 Å². The lowest BCUT2D eigenvalue weighted by Crippen LogP contribution is -2.61. The third-order valence-corrected chi connectivity index (χ3v) is 3.97. The van der Waals surface area contributed by atoms with Gasteiger partial charge in [0, 0.05) is 31.8 Å². The summed E-state index contributed by atoms with van der Waals surface area (Å²) in [5.74, 6) is 0. The van der Waals surface area contributed by atoms with Crippen LogP contribution in [0.15, 0.2) is 0 Å². The maximum absolute atomic E-state index is 5.77. The second kappa shape index (κ2) is 5.99. The van der Waals surface area contributed by atoms with Gasteiger partial charge < -0.3 is 10.1 Å². The van der Waals surface area contributed by atoms with Gasteiger partial charge in [-0.05, 0) is 32.2 Å². The van der Waals surface area contributed by atoms with Crippen LogP contribution in [0.3, 0.4) is 0 Å². The smallest absolute Gasteiger partial charge is 0.0587 e. The Bertz CT molecular complexity index is 206. The summed E-state index contributed by atoms with van der Waals surface area (Å²) < 4.78 is 5.77. The summed E-state index contributed by atoms with van der Waals surface area (Å²) in [7, 11) is 0. The van der Waals surface area contributed by atoms with Crippen LogP contribution in [0, 0.1) is 0 Å². The van der Waals surface area contributed by atoms with Crippen molar-refractivity contribution >= 4 is 0 Å². The molecule has 0 aromatic carbocycles. The highest BCUT2D eigenvalue weighted by Crippen LogP contribution is 2.24. The molecule has 0 aromatic rings. The molecular weight excluding hydrogens is 200 g/mol. The second-order valence-corrected chi connectivity index (χ2v) is 5.13. The molecule has 3 nitrogen and oxygen atoms in total. The Balaban J connectivity index is 1.90. The largest absolute Gasteiger partial charge is 0.378 e. The number of hydrogen-bond donors (Lipinski definition) is 1. The van der Waals surface area contributed by atoms with Gasteiger partial charge in [-0.2, -0.15) is 0 Å². The van der Waals surface area contributed by atoms with Gasteiger partial charge in [-0.15, -0.1) is 0 Å². The molecule has 3 heteroatoms. The molecule has 2 aliphatic heterocycles. The van der Waals surface area contributed by atoms with Gasteiger partial charge in [-0.1, -0.05) is 13.8 Å². The molecule has 2 unspecified atom stereocenters. The fourth-order valence-electron chi connectivity index (χ4n) is 2.88. The first-order valence-corrected chi connectivity index (χ1v) is 6.93. The summed E-state index contributed by atoms with van der Waals surface area (Å²) in [5.41, 5.74) is 0.